The van der Waals surface area contributed by atoms with E-state index in [1.165, 1.54) is 0 Å². The molecule has 0 saturated heterocycles. The van der Waals surface area contributed by atoms with E-state index in [-0.39, 0.29) is 0 Å². The highest BCUT2D eigenvalue weighted by atomic mass is 35.5. The van der Waals surface area contributed by atoms with Gasteiger partial charge in [-0.3, -0.25) is 4.98 Å². The maximum absolute atomic E-state index is 9.14. The molecule has 0 unspecified atom stereocenters. The number of benzene rings is 2. The lowest BCUT2D eigenvalue weighted by molar-refractivity contribution is 0.307. The highest BCUT2D eigenvalue weighted by Gasteiger charge is 2.08. The quantitative estimate of drug-likeness (QED) is 0.722. The predicted molar refractivity (Wildman–Crippen MR) is 82.2 cm³/mol. The van der Waals surface area contributed by atoms with Gasteiger partial charge in [-0.2, -0.15) is 5.26 Å². The minimum absolute atomic E-state index is 0.359. The molecule has 3 aromatic rings. The summed E-state index contributed by atoms with van der Waals surface area (Å²) in [6, 6.07) is 17.0. The number of ether oxygens (including phenoxy) is 1. The van der Waals surface area contributed by atoms with Crippen LogP contribution in [-0.2, 0) is 6.61 Å². The van der Waals surface area contributed by atoms with Crippen LogP contribution in [0, 0.1) is 11.3 Å². The summed E-state index contributed by atoms with van der Waals surface area (Å²) in [5, 5.41) is 10.6. The van der Waals surface area contributed by atoms with Gasteiger partial charge in [-0.1, -0.05) is 35.9 Å². The highest BCUT2D eigenvalue weighted by molar-refractivity contribution is 6.31. The fraction of sp³-hybridized carbons (Fsp3) is 0.0588. The Morgan fingerprint density at radius 3 is 2.81 bits per heavy atom. The third kappa shape index (κ3) is 2.67. The summed E-state index contributed by atoms with van der Waals surface area (Å²) in [5.74, 6) is 0.492. The summed E-state index contributed by atoms with van der Waals surface area (Å²) in [7, 11) is 0. The Hall–Kier alpha value is -2.57. The minimum Gasteiger partial charge on any atom is -0.487 e. The molecule has 0 amide bonds. The van der Waals surface area contributed by atoms with Crippen LogP contribution in [0.3, 0.4) is 0 Å². The maximum Gasteiger partial charge on any atom is 0.139 e. The molecule has 2 aromatic carbocycles. The van der Waals surface area contributed by atoms with Crippen molar-refractivity contribution in [2.24, 2.45) is 0 Å². The molecule has 4 heteroatoms. The van der Waals surface area contributed by atoms with Gasteiger partial charge in [-0.05, 0) is 24.3 Å². The van der Waals surface area contributed by atoms with Crippen LogP contribution < -0.4 is 4.74 Å². The first-order valence-corrected chi connectivity index (χ1v) is 6.81. The molecule has 0 N–H and O–H groups in total. The van der Waals surface area contributed by atoms with Gasteiger partial charge < -0.3 is 4.74 Å². The number of para-hydroxylation sites is 1. The Balaban J connectivity index is 1.91. The van der Waals surface area contributed by atoms with Crippen LogP contribution in [-0.4, -0.2) is 4.98 Å². The summed E-state index contributed by atoms with van der Waals surface area (Å²) in [6.07, 6.45) is 1.75. The number of aromatic nitrogens is 1. The van der Waals surface area contributed by atoms with Crippen molar-refractivity contribution in [3.05, 3.63) is 70.9 Å². The van der Waals surface area contributed by atoms with E-state index in [1.54, 1.807) is 24.4 Å². The molecule has 0 spiro atoms. The monoisotopic (exact) mass is 294 g/mol. The number of hydrogen-bond acceptors (Lipinski definition) is 3. The SMILES string of the molecule is N#Cc1c(Cl)cccc1OCc1ccnc2ccccc12. The molecule has 0 bridgehead atoms. The molecule has 0 aliphatic rings. The highest BCUT2D eigenvalue weighted by Crippen LogP contribution is 2.27. The van der Waals surface area contributed by atoms with Crippen molar-refractivity contribution in [2.45, 2.75) is 6.61 Å². The second kappa shape index (κ2) is 5.82. The van der Waals surface area contributed by atoms with E-state index in [4.69, 9.17) is 21.6 Å². The van der Waals surface area contributed by atoms with Gasteiger partial charge in [-0.15, -0.1) is 0 Å². The number of pyridine rings is 1. The van der Waals surface area contributed by atoms with Crippen LogP contribution in [0.25, 0.3) is 10.9 Å². The van der Waals surface area contributed by atoms with E-state index in [1.807, 2.05) is 30.3 Å². The lowest BCUT2D eigenvalue weighted by atomic mass is 10.1. The predicted octanol–water partition coefficient (Wildman–Crippen LogP) is 4.34. The summed E-state index contributed by atoms with van der Waals surface area (Å²) in [6.45, 7) is 0.359. The Labute approximate surface area is 127 Å². The number of nitrogens with zero attached hydrogens (tertiary/aromatic N) is 2. The van der Waals surface area contributed by atoms with Crippen LogP contribution >= 0.6 is 11.6 Å². The zero-order chi connectivity index (χ0) is 14.7. The van der Waals surface area contributed by atoms with Crippen molar-refractivity contribution >= 4 is 22.5 Å². The molecule has 3 nitrogen and oxygen atoms in total. The van der Waals surface area contributed by atoms with Crippen molar-refractivity contribution < 1.29 is 4.74 Å². The van der Waals surface area contributed by atoms with Gasteiger partial charge >= 0.3 is 0 Å². The van der Waals surface area contributed by atoms with Crippen molar-refractivity contribution in [3.63, 3.8) is 0 Å². The Morgan fingerprint density at radius 2 is 1.95 bits per heavy atom. The Kier molecular flexibility index (Phi) is 3.72. The van der Waals surface area contributed by atoms with Crippen molar-refractivity contribution in [1.82, 2.24) is 4.98 Å². The molecule has 0 atom stereocenters. The van der Waals surface area contributed by atoms with Gasteiger partial charge in [0.2, 0.25) is 0 Å². The summed E-state index contributed by atoms with van der Waals surface area (Å²) < 4.78 is 5.77. The molecule has 0 aliphatic carbocycles. The lowest BCUT2D eigenvalue weighted by Gasteiger charge is -2.10. The number of nitriles is 1. The summed E-state index contributed by atoms with van der Waals surface area (Å²) >= 11 is 5.99. The molecule has 21 heavy (non-hydrogen) atoms. The third-order valence-corrected chi connectivity index (χ3v) is 3.52. The molecule has 102 valence electrons. The van der Waals surface area contributed by atoms with Crippen molar-refractivity contribution in [1.29, 1.82) is 5.26 Å². The topological polar surface area (TPSA) is 45.9 Å². The number of rotatable bonds is 3. The average Bonchev–Trinajstić information content (AvgIpc) is 2.53. The van der Waals surface area contributed by atoms with Crippen molar-refractivity contribution in [3.8, 4) is 11.8 Å². The standard InChI is InChI=1S/C17H11ClN2O/c18-15-5-3-7-17(14(15)10-19)21-11-12-8-9-20-16-6-2-1-4-13(12)16/h1-9H,11H2. The average molecular weight is 295 g/mol. The second-order valence-electron chi connectivity index (χ2n) is 4.50. The fourth-order valence-corrected chi connectivity index (χ4v) is 2.38. The first-order valence-electron chi connectivity index (χ1n) is 6.43. The van der Waals surface area contributed by atoms with Crippen LogP contribution in [0.1, 0.15) is 11.1 Å². The van der Waals surface area contributed by atoms with Crippen LogP contribution in [0.2, 0.25) is 5.02 Å². The van der Waals surface area contributed by atoms with Gasteiger partial charge in [-0.25, -0.2) is 0 Å². The number of fused-ring (bicyclic) bond motifs is 1. The maximum atomic E-state index is 9.14. The molecule has 0 fully saturated rings. The van der Waals surface area contributed by atoms with E-state index in [2.05, 4.69) is 11.1 Å². The first-order chi connectivity index (χ1) is 10.3. The van der Waals surface area contributed by atoms with Gasteiger partial charge in [0.1, 0.15) is 24.0 Å². The molecule has 1 heterocycles. The molecular weight excluding hydrogens is 284 g/mol. The van der Waals surface area contributed by atoms with Gasteiger partial charge in [0.25, 0.3) is 0 Å². The van der Waals surface area contributed by atoms with E-state index in [9.17, 15) is 0 Å². The van der Waals surface area contributed by atoms with Gasteiger partial charge in [0.15, 0.2) is 0 Å². The Morgan fingerprint density at radius 1 is 1.10 bits per heavy atom. The van der Waals surface area contributed by atoms with Gasteiger partial charge in [0, 0.05) is 17.1 Å². The summed E-state index contributed by atoms with van der Waals surface area (Å²) in [5.41, 5.74) is 2.30. The summed E-state index contributed by atoms with van der Waals surface area (Å²) in [4.78, 5) is 4.32. The lowest BCUT2D eigenvalue weighted by Crippen LogP contribution is -1.99. The molecule has 0 saturated carbocycles. The largest absolute Gasteiger partial charge is 0.487 e. The molecule has 1 aromatic heterocycles. The van der Waals surface area contributed by atoms with Crippen molar-refractivity contribution in [2.75, 3.05) is 0 Å². The third-order valence-electron chi connectivity index (χ3n) is 3.21. The van der Waals surface area contributed by atoms with E-state index in [0.29, 0.717) is 22.9 Å². The van der Waals surface area contributed by atoms with E-state index < -0.39 is 0 Å². The molecule has 3 rings (SSSR count). The van der Waals surface area contributed by atoms with Crippen LogP contribution in [0.4, 0.5) is 0 Å². The van der Waals surface area contributed by atoms with E-state index in [0.717, 1.165) is 16.5 Å². The van der Waals surface area contributed by atoms with Crippen LogP contribution in [0.15, 0.2) is 54.7 Å². The number of halogens is 1. The normalized spacial score (nSPS) is 10.3. The van der Waals surface area contributed by atoms with Gasteiger partial charge in [0.05, 0.1) is 10.5 Å². The molecule has 0 aliphatic heterocycles. The number of hydrogen-bond donors (Lipinski definition) is 0. The minimum atomic E-state index is 0.359. The smallest absolute Gasteiger partial charge is 0.139 e. The molecular formula is C17H11ClN2O. The Bertz CT molecular complexity index is 834. The zero-order valence-corrected chi connectivity index (χ0v) is 11.8. The van der Waals surface area contributed by atoms with Crippen LogP contribution in [0.5, 0.6) is 5.75 Å². The first kappa shape index (κ1) is 13.4. The van der Waals surface area contributed by atoms with E-state index >= 15 is 0 Å². The fourth-order valence-electron chi connectivity index (χ4n) is 2.17. The second-order valence-corrected chi connectivity index (χ2v) is 4.91. The zero-order valence-electron chi connectivity index (χ0n) is 11.1. The molecule has 0 radical (unpaired) electrons.